The van der Waals surface area contributed by atoms with Gasteiger partial charge in [-0.3, -0.25) is 9.13 Å². The highest BCUT2D eigenvalue weighted by molar-refractivity contribution is 6.09. The van der Waals surface area contributed by atoms with Crippen LogP contribution >= 0.6 is 0 Å². The van der Waals surface area contributed by atoms with Gasteiger partial charge in [0.2, 0.25) is 0 Å². The van der Waals surface area contributed by atoms with Crippen molar-refractivity contribution in [2.75, 3.05) is 0 Å². The van der Waals surface area contributed by atoms with Crippen LogP contribution in [0.5, 0.6) is 0 Å². The molecule has 0 amide bonds. The average molecular weight is 664 g/mol. The van der Waals surface area contributed by atoms with Crippen molar-refractivity contribution in [3.05, 3.63) is 175 Å². The molecule has 5 nitrogen and oxygen atoms in total. The van der Waals surface area contributed by atoms with E-state index in [0.29, 0.717) is 22.8 Å². The van der Waals surface area contributed by atoms with Gasteiger partial charge < -0.3 is 4.57 Å². The summed E-state index contributed by atoms with van der Waals surface area (Å²) in [6, 6.07) is 52.2. The van der Waals surface area contributed by atoms with E-state index in [9.17, 15) is 8.78 Å². The van der Waals surface area contributed by atoms with Crippen LogP contribution in [0, 0.1) is 11.6 Å². The summed E-state index contributed by atoms with van der Waals surface area (Å²) in [6.07, 6.45) is 0. The first-order valence-corrected chi connectivity index (χ1v) is 16.7. The second kappa shape index (κ2) is 11.4. The fraction of sp³-hybridized carbons (Fsp3) is 0. The maximum absolute atomic E-state index is 14.7. The summed E-state index contributed by atoms with van der Waals surface area (Å²) in [5.41, 5.74) is 9.31. The average Bonchev–Trinajstić information content (AvgIpc) is 3.85. The van der Waals surface area contributed by atoms with E-state index in [0.717, 1.165) is 60.9 Å². The van der Waals surface area contributed by atoms with Crippen LogP contribution in [0.1, 0.15) is 0 Å². The second-order valence-electron chi connectivity index (χ2n) is 12.6. The van der Waals surface area contributed by atoms with Gasteiger partial charge in [-0.25, -0.2) is 18.7 Å². The summed E-state index contributed by atoms with van der Waals surface area (Å²) < 4.78 is 35.9. The van der Waals surface area contributed by atoms with Gasteiger partial charge in [0, 0.05) is 21.9 Å². The highest BCUT2D eigenvalue weighted by Gasteiger charge is 2.21. The minimum absolute atomic E-state index is 0.338. The maximum Gasteiger partial charge on any atom is 0.145 e. The van der Waals surface area contributed by atoms with E-state index in [-0.39, 0.29) is 11.6 Å². The Labute approximate surface area is 290 Å². The maximum atomic E-state index is 14.7. The molecule has 0 spiro atoms. The minimum atomic E-state index is -0.338. The fourth-order valence-corrected chi connectivity index (χ4v) is 7.38. The minimum Gasteiger partial charge on any atom is -0.309 e. The largest absolute Gasteiger partial charge is 0.309 e. The van der Waals surface area contributed by atoms with Crippen LogP contribution in [-0.2, 0) is 0 Å². The molecule has 10 rings (SSSR count). The number of rotatable bonds is 5. The van der Waals surface area contributed by atoms with Crippen molar-refractivity contribution >= 4 is 43.9 Å². The van der Waals surface area contributed by atoms with Crippen LogP contribution in [0.4, 0.5) is 8.78 Å². The topological polar surface area (TPSA) is 40.6 Å². The van der Waals surface area contributed by atoms with E-state index >= 15 is 0 Å². The fourth-order valence-electron chi connectivity index (χ4n) is 7.38. The first-order chi connectivity index (χ1) is 25.1. The Balaban J connectivity index is 1.35. The molecule has 0 radical (unpaired) electrons. The van der Waals surface area contributed by atoms with Crippen molar-refractivity contribution < 1.29 is 8.78 Å². The molecule has 242 valence electrons. The lowest BCUT2D eigenvalue weighted by atomic mass is 10.1. The first-order valence-electron chi connectivity index (χ1n) is 16.7. The summed E-state index contributed by atoms with van der Waals surface area (Å²) in [5.74, 6) is 0.551. The predicted molar refractivity (Wildman–Crippen MR) is 201 cm³/mol. The lowest BCUT2D eigenvalue weighted by molar-refractivity contribution is 0.627. The van der Waals surface area contributed by atoms with Crippen LogP contribution < -0.4 is 0 Å². The molecule has 0 fully saturated rings. The van der Waals surface area contributed by atoms with Gasteiger partial charge in [0.05, 0.1) is 50.2 Å². The summed E-state index contributed by atoms with van der Waals surface area (Å²) in [5, 5.41) is 2.28. The molecule has 0 bridgehead atoms. The molecule has 7 heteroatoms. The van der Waals surface area contributed by atoms with Crippen LogP contribution in [0.3, 0.4) is 0 Å². The van der Waals surface area contributed by atoms with Gasteiger partial charge >= 0.3 is 0 Å². The molecule has 51 heavy (non-hydrogen) atoms. The summed E-state index contributed by atoms with van der Waals surface area (Å²) in [4.78, 5) is 10.1. The zero-order chi connectivity index (χ0) is 34.1. The predicted octanol–water partition coefficient (Wildman–Crippen LogP) is 11.1. The lowest BCUT2D eigenvalue weighted by Crippen LogP contribution is -2.05. The SMILES string of the molecule is Fc1cccc(-c2nc3ccccc3n2-c2cc(-n3c(-c4cccc(F)c4)nc4ccccc43)cc(-n3c4ccccc4c4ccccc43)c2)c1. The van der Waals surface area contributed by atoms with E-state index in [1.807, 2.05) is 60.7 Å². The number of nitrogens with zero attached hydrogens (tertiary/aromatic N) is 5. The zero-order valence-corrected chi connectivity index (χ0v) is 27.1. The highest BCUT2D eigenvalue weighted by Crippen LogP contribution is 2.37. The normalized spacial score (nSPS) is 11.7. The van der Waals surface area contributed by atoms with Gasteiger partial charge in [-0.2, -0.15) is 0 Å². The highest BCUT2D eigenvalue weighted by atomic mass is 19.1. The van der Waals surface area contributed by atoms with Gasteiger partial charge in [0.1, 0.15) is 23.3 Å². The van der Waals surface area contributed by atoms with Gasteiger partial charge in [0.15, 0.2) is 0 Å². The quantitative estimate of drug-likeness (QED) is 0.184. The molecule has 0 aliphatic carbocycles. The number of fused-ring (bicyclic) bond motifs is 5. The van der Waals surface area contributed by atoms with E-state index in [1.165, 1.54) is 24.3 Å². The molecular weight excluding hydrogens is 637 g/mol. The van der Waals surface area contributed by atoms with E-state index < -0.39 is 0 Å². The molecule has 0 aliphatic heterocycles. The molecular formula is C44H27F2N5. The lowest BCUT2D eigenvalue weighted by Gasteiger charge is -2.18. The number of hydrogen-bond acceptors (Lipinski definition) is 2. The molecule has 0 saturated heterocycles. The Morgan fingerprint density at radius 3 is 1.20 bits per heavy atom. The number of aromatic nitrogens is 5. The van der Waals surface area contributed by atoms with Crippen molar-refractivity contribution in [2.24, 2.45) is 0 Å². The van der Waals surface area contributed by atoms with Gasteiger partial charge in [-0.15, -0.1) is 0 Å². The number of halogens is 2. The number of para-hydroxylation sites is 6. The third kappa shape index (κ3) is 4.66. The van der Waals surface area contributed by atoms with Crippen LogP contribution in [0.2, 0.25) is 0 Å². The Morgan fingerprint density at radius 2 is 0.745 bits per heavy atom. The molecule has 0 atom stereocenters. The summed E-state index contributed by atoms with van der Waals surface area (Å²) in [6.45, 7) is 0. The number of benzene rings is 7. The molecule has 0 saturated carbocycles. The van der Waals surface area contributed by atoms with Crippen molar-refractivity contribution in [3.63, 3.8) is 0 Å². The standard InChI is InChI=1S/C44H27F2N5/c45-30-13-9-11-28(23-30)43-47-37-17-3-7-21-41(37)50(43)33-25-32(49-39-19-5-1-15-35(39)36-16-2-6-20-40(36)49)26-34(27-33)51-42-22-8-4-18-38(42)48-44(51)29-12-10-14-31(46)24-29/h1-27H. The number of imidazole rings is 2. The molecule has 0 N–H and O–H groups in total. The van der Waals surface area contributed by atoms with Crippen molar-refractivity contribution in [3.8, 4) is 39.8 Å². The van der Waals surface area contributed by atoms with Gasteiger partial charge in [0.25, 0.3) is 0 Å². The van der Waals surface area contributed by atoms with Crippen molar-refractivity contribution in [1.29, 1.82) is 0 Å². The molecule has 3 heterocycles. The van der Waals surface area contributed by atoms with Crippen LogP contribution in [0.25, 0.3) is 83.7 Å². The first kappa shape index (κ1) is 29.1. The zero-order valence-electron chi connectivity index (χ0n) is 27.1. The van der Waals surface area contributed by atoms with E-state index in [1.54, 1.807) is 12.1 Å². The Hall–Kier alpha value is -6.86. The summed E-state index contributed by atoms with van der Waals surface area (Å²) >= 11 is 0. The Kier molecular flexibility index (Phi) is 6.48. The van der Waals surface area contributed by atoms with Crippen molar-refractivity contribution in [2.45, 2.75) is 0 Å². The monoisotopic (exact) mass is 663 g/mol. The smallest absolute Gasteiger partial charge is 0.145 e. The molecule has 0 aliphatic rings. The molecule has 7 aromatic carbocycles. The molecule has 3 aromatic heterocycles. The Morgan fingerprint density at radius 1 is 0.353 bits per heavy atom. The van der Waals surface area contributed by atoms with E-state index in [2.05, 4.69) is 80.4 Å². The van der Waals surface area contributed by atoms with E-state index in [4.69, 9.17) is 9.97 Å². The van der Waals surface area contributed by atoms with Crippen LogP contribution in [0.15, 0.2) is 164 Å². The van der Waals surface area contributed by atoms with Crippen molar-refractivity contribution in [1.82, 2.24) is 23.7 Å². The second-order valence-corrected chi connectivity index (χ2v) is 12.6. The molecule has 10 aromatic rings. The van der Waals surface area contributed by atoms with Crippen LogP contribution in [-0.4, -0.2) is 23.7 Å². The van der Waals surface area contributed by atoms with Gasteiger partial charge in [-0.1, -0.05) is 84.9 Å². The third-order valence-corrected chi connectivity index (χ3v) is 9.53. The number of hydrogen-bond donors (Lipinski definition) is 0. The summed E-state index contributed by atoms with van der Waals surface area (Å²) in [7, 11) is 0. The van der Waals surface area contributed by atoms with Gasteiger partial charge in [-0.05, 0) is 78.9 Å². The Bertz CT molecular complexity index is 2770. The third-order valence-electron chi connectivity index (χ3n) is 9.53. The molecule has 0 unspecified atom stereocenters.